The first-order valence-electron chi connectivity index (χ1n) is 11.7. The van der Waals surface area contributed by atoms with Gasteiger partial charge >= 0.3 is 0 Å². The summed E-state index contributed by atoms with van der Waals surface area (Å²) in [7, 11) is 0. The second-order valence-corrected chi connectivity index (χ2v) is 12.1. The third-order valence-corrected chi connectivity index (χ3v) is 10.7. The van der Waals surface area contributed by atoms with Crippen LogP contribution in [0, 0.1) is 34.5 Å². The summed E-state index contributed by atoms with van der Waals surface area (Å²) in [5.74, 6) is 1.95. The molecule has 0 spiro atoms. The van der Waals surface area contributed by atoms with Crippen molar-refractivity contribution in [1.82, 2.24) is 10.2 Å². The van der Waals surface area contributed by atoms with E-state index in [1.807, 2.05) is 0 Å². The van der Waals surface area contributed by atoms with Crippen molar-refractivity contribution in [2.75, 3.05) is 0 Å². The molecule has 2 saturated heterocycles. The highest BCUT2D eigenvalue weighted by atomic mass is 16.8. The zero-order valence-corrected chi connectivity index (χ0v) is 18.3. The molecule has 0 bridgehead atoms. The average molecular weight is 399 g/mol. The van der Waals surface area contributed by atoms with Crippen LogP contribution in [0.4, 0.5) is 0 Å². The van der Waals surface area contributed by atoms with Gasteiger partial charge in [0, 0.05) is 11.1 Å². The molecule has 5 fully saturated rings. The first kappa shape index (κ1) is 17.7. The molecule has 0 radical (unpaired) electrons. The zero-order valence-electron chi connectivity index (χ0n) is 18.3. The SMILES string of the molecule is CC1(C)O[C@H]2[C@H](O1)[C@H]1Cc3[nH]ncc3C[C@]1(C)[C@H]1CC[C@@]3(C)[C@@H](C[C@H]4O[C@]43C)[C@H]21. The highest BCUT2D eigenvalue weighted by Gasteiger charge is 2.77. The molecular weight excluding hydrogens is 364 g/mol. The lowest BCUT2D eigenvalue weighted by Crippen LogP contribution is -2.64. The molecule has 0 aromatic carbocycles. The summed E-state index contributed by atoms with van der Waals surface area (Å²) in [6, 6.07) is 0. The van der Waals surface area contributed by atoms with E-state index in [1.165, 1.54) is 30.5 Å². The third-order valence-electron chi connectivity index (χ3n) is 10.7. The molecule has 1 aromatic rings. The summed E-state index contributed by atoms with van der Waals surface area (Å²) in [5, 5.41) is 7.66. The molecule has 6 aliphatic rings. The fourth-order valence-corrected chi connectivity index (χ4v) is 9.05. The van der Waals surface area contributed by atoms with Crippen LogP contribution in [0.3, 0.4) is 0 Å². The van der Waals surface area contributed by atoms with Crippen LogP contribution in [0.15, 0.2) is 6.20 Å². The van der Waals surface area contributed by atoms with E-state index in [0.717, 1.165) is 12.8 Å². The van der Waals surface area contributed by atoms with E-state index in [4.69, 9.17) is 14.2 Å². The molecule has 7 rings (SSSR count). The van der Waals surface area contributed by atoms with Crippen LogP contribution in [-0.4, -0.2) is 39.9 Å². The molecule has 3 heterocycles. The monoisotopic (exact) mass is 398 g/mol. The number of epoxide rings is 1. The maximum Gasteiger partial charge on any atom is 0.163 e. The van der Waals surface area contributed by atoms with Gasteiger partial charge in [0.05, 0.1) is 30.1 Å². The van der Waals surface area contributed by atoms with Crippen LogP contribution in [0.25, 0.3) is 0 Å². The fraction of sp³-hybridized carbons (Fsp3) is 0.875. The Hall–Kier alpha value is -0.910. The van der Waals surface area contributed by atoms with E-state index >= 15 is 0 Å². The first-order valence-corrected chi connectivity index (χ1v) is 11.7. The summed E-state index contributed by atoms with van der Waals surface area (Å²) in [5.41, 5.74) is 3.37. The number of aromatic nitrogens is 2. The van der Waals surface area contributed by atoms with Crippen LogP contribution in [0.5, 0.6) is 0 Å². The summed E-state index contributed by atoms with van der Waals surface area (Å²) >= 11 is 0. The molecule has 5 heteroatoms. The molecule has 4 aliphatic carbocycles. The Labute approximate surface area is 173 Å². The Bertz CT molecular complexity index is 896. The van der Waals surface area contributed by atoms with Gasteiger partial charge in [-0.3, -0.25) is 5.10 Å². The molecular formula is C24H34N2O3. The van der Waals surface area contributed by atoms with Gasteiger partial charge in [-0.1, -0.05) is 13.8 Å². The fourth-order valence-electron chi connectivity index (χ4n) is 9.05. The van der Waals surface area contributed by atoms with Crippen molar-refractivity contribution in [3.05, 3.63) is 17.5 Å². The van der Waals surface area contributed by atoms with Crippen molar-refractivity contribution in [3.63, 3.8) is 0 Å². The molecule has 2 aliphatic heterocycles. The van der Waals surface area contributed by atoms with Gasteiger partial charge in [0.15, 0.2) is 5.79 Å². The van der Waals surface area contributed by atoms with Crippen molar-refractivity contribution in [3.8, 4) is 0 Å². The number of nitrogens with zero attached hydrogens (tertiary/aromatic N) is 1. The van der Waals surface area contributed by atoms with Crippen molar-refractivity contribution >= 4 is 0 Å². The summed E-state index contributed by atoms with van der Waals surface area (Å²) < 4.78 is 19.6. The Kier molecular flexibility index (Phi) is 3.02. The number of ether oxygens (including phenoxy) is 3. The summed E-state index contributed by atoms with van der Waals surface area (Å²) in [6.07, 6.45) is 8.87. The summed E-state index contributed by atoms with van der Waals surface area (Å²) in [4.78, 5) is 0. The van der Waals surface area contributed by atoms with Crippen LogP contribution in [0.2, 0.25) is 0 Å². The highest BCUT2D eigenvalue weighted by Crippen LogP contribution is 2.74. The Balaban J connectivity index is 1.36. The van der Waals surface area contributed by atoms with Gasteiger partial charge in [-0.25, -0.2) is 0 Å². The molecule has 0 amide bonds. The van der Waals surface area contributed by atoms with Gasteiger partial charge in [-0.2, -0.15) is 5.10 Å². The van der Waals surface area contributed by atoms with Gasteiger partial charge in [0.25, 0.3) is 0 Å². The normalized spacial score (nSPS) is 58.4. The van der Waals surface area contributed by atoms with Gasteiger partial charge < -0.3 is 14.2 Å². The Morgan fingerprint density at radius 1 is 1.00 bits per heavy atom. The maximum absolute atomic E-state index is 6.73. The van der Waals surface area contributed by atoms with Crippen LogP contribution < -0.4 is 0 Å². The van der Waals surface area contributed by atoms with Crippen LogP contribution in [0.1, 0.15) is 65.1 Å². The van der Waals surface area contributed by atoms with E-state index in [1.54, 1.807) is 0 Å². The molecule has 29 heavy (non-hydrogen) atoms. The molecule has 1 aromatic heterocycles. The van der Waals surface area contributed by atoms with Gasteiger partial charge in [0.2, 0.25) is 0 Å². The van der Waals surface area contributed by atoms with Crippen LogP contribution in [-0.2, 0) is 27.1 Å². The predicted molar refractivity (Wildman–Crippen MR) is 107 cm³/mol. The Morgan fingerprint density at radius 3 is 2.62 bits per heavy atom. The van der Waals surface area contributed by atoms with E-state index in [0.29, 0.717) is 29.8 Å². The van der Waals surface area contributed by atoms with Crippen LogP contribution >= 0.6 is 0 Å². The number of hydrogen-bond donors (Lipinski definition) is 1. The molecule has 0 unspecified atom stereocenters. The first-order chi connectivity index (χ1) is 13.7. The average Bonchev–Trinajstić information content (AvgIpc) is 2.92. The molecule has 158 valence electrons. The second kappa shape index (κ2) is 4.94. The lowest BCUT2D eigenvalue weighted by molar-refractivity contribution is -0.182. The van der Waals surface area contributed by atoms with E-state index in [9.17, 15) is 0 Å². The highest BCUT2D eigenvalue weighted by molar-refractivity contribution is 5.30. The topological polar surface area (TPSA) is 59.7 Å². The number of hydrogen-bond acceptors (Lipinski definition) is 4. The number of fused-ring (bicyclic) bond motifs is 11. The molecule has 5 nitrogen and oxygen atoms in total. The predicted octanol–water partition coefficient (Wildman–Crippen LogP) is 3.87. The smallest absolute Gasteiger partial charge is 0.163 e. The third kappa shape index (κ3) is 1.93. The lowest BCUT2D eigenvalue weighted by Gasteiger charge is -2.62. The van der Waals surface area contributed by atoms with Crippen molar-refractivity contribution in [2.24, 2.45) is 34.5 Å². The number of aromatic amines is 1. The number of H-pyrrole nitrogens is 1. The second-order valence-electron chi connectivity index (χ2n) is 12.1. The maximum atomic E-state index is 6.73. The minimum Gasteiger partial charge on any atom is -0.366 e. The van der Waals surface area contributed by atoms with Gasteiger partial charge in [0.1, 0.15) is 0 Å². The quantitative estimate of drug-likeness (QED) is 0.674. The van der Waals surface area contributed by atoms with Crippen molar-refractivity contribution in [2.45, 2.75) is 96.4 Å². The van der Waals surface area contributed by atoms with E-state index in [2.05, 4.69) is 51.0 Å². The van der Waals surface area contributed by atoms with Gasteiger partial charge in [-0.05, 0) is 87.5 Å². The molecule has 1 N–H and O–H groups in total. The number of rotatable bonds is 0. The van der Waals surface area contributed by atoms with Crippen molar-refractivity contribution in [1.29, 1.82) is 0 Å². The lowest BCUT2D eigenvalue weighted by atomic mass is 9.43. The van der Waals surface area contributed by atoms with Gasteiger partial charge in [-0.15, -0.1) is 0 Å². The van der Waals surface area contributed by atoms with E-state index in [-0.39, 0.29) is 28.6 Å². The van der Waals surface area contributed by atoms with E-state index < -0.39 is 5.79 Å². The minimum atomic E-state index is -0.491. The Morgan fingerprint density at radius 2 is 1.79 bits per heavy atom. The number of nitrogens with one attached hydrogen (secondary N) is 1. The largest absolute Gasteiger partial charge is 0.366 e. The summed E-state index contributed by atoms with van der Waals surface area (Å²) in [6.45, 7) is 11.7. The standard InChI is InChI=1S/C24H34N2O3/c1-21(2)28-19-15-8-16-12(11-25-26-16)10-22(15,3)13-6-7-23(4)14(18(13)20(19)29-21)9-17-24(23,5)27-17/h11,13-15,17-20H,6-10H2,1-5H3,(H,25,26)/t13-,14-,15+,17+,18+,19+,20+,22+,23-,24+/m0/s1. The minimum absolute atomic E-state index is 0.0924. The zero-order chi connectivity index (χ0) is 20.0. The van der Waals surface area contributed by atoms with Crippen molar-refractivity contribution < 1.29 is 14.2 Å². The molecule has 3 saturated carbocycles. The molecule has 10 atom stereocenters.